The van der Waals surface area contributed by atoms with Gasteiger partial charge in [0, 0.05) is 23.9 Å². The topological polar surface area (TPSA) is 47.4 Å². The van der Waals surface area contributed by atoms with Crippen LogP contribution in [0.15, 0.2) is 65.7 Å². The Morgan fingerprint density at radius 2 is 1.84 bits per heavy atom. The zero-order chi connectivity index (χ0) is 22.7. The summed E-state index contributed by atoms with van der Waals surface area (Å²) in [5.74, 6) is 0.772. The number of benzene rings is 2. The van der Waals surface area contributed by atoms with Crippen molar-refractivity contribution in [2.75, 3.05) is 6.54 Å². The van der Waals surface area contributed by atoms with Gasteiger partial charge in [0.1, 0.15) is 10.1 Å². The third kappa shape index (κ3) is 4.79. The predicted molar refractivity (Wildman–Crippen MR) is 135 cm³/mol. The maximum atomic E-state index is 12.9. The van der Waals surface area contributed by atoms with Crippen molar-refractivity contribution in [2.24, 2.45) is 0 Å². The van der Waals surface area contributed by atoms with Gasteiger partial charge in [-0.05, 0) is 62.7 Å². The van der Waals surface area contributed by atoms with Crippen molar-refractivity contribution in [3.63, 3.8) is 0 Å². The summed E-state index contributed by atoms with van der Waals surface area (Å²) in [6, 6.07) is 17.8. The van der Waals surface area contributed by atoms with Crippen LogP contribution in [0.2, 0.25) is 0 Å². The van der Waals surface area contributed by atoms with Gasteiger partial charge in [-0.1, -0.05) is 49.1 Å². The number of carbonyl (C=O) groups excluding carboxylic acids is 1. The van der Waals surface area contributed by atoms with Gasteiger partial charge in [-0.15, -0.1) is 0 Å². The van der Waals surface area contributed by atoms with Gasteiger partial charge in [0.25, 0.3) is 5.91 Å². The lowest BCUT2D eigenvalue weighted by molar-refractivity contribution is -0.122. The molecule has 7 heteroatoms. The number of hydrogen-bond acceptors (Lipinski definition) is 5. The van der Waals surface area contributed by atoms with Gasteiger partial charge in [-0.2, -0.15) is 5.10 Å². The van der Waals surface area contributed by atoms with Crippen LogP contribution in [0.25, 0.3) is 23.0 Å². The zero-order valence-electron chi connectivity index (χ0n) is 18.3. The minimum Gasteiger partial charge on any atom is -0.491 e. The third-order valence-corrected chi connectivity index (χ3v) is 6.25. The third-order valence-electron chi connectivity index (χ3n) is 4.87. The number of hydrogen-bond donors (Lipinski definition) is 0. The van der Waals surface area contributed by atoms with E-state index in [1.54, 1.807) is 4.90 Å². The fourth-order valence-electron chi connectivity index (χ4n) is 3.45. The average Bonchev–Trinajstić information content (AvgIpc) is 3.31. The molecule has 0 bridgehead atoms. The molecule has 164 valence electrons. The summed E-state index contributed by atoms with van der Waals surface area (Å²) in [6.07, 6.45) is 4.82. The molecule has 1 fully saturated rings. The second-order valence-corrected chi connectivity index (χ2v) is 9.41. The molecule has 0 unspecified atom stereocenters. The monoisotopic (exact) mass is 463 g/mol. The maximum absolute atomic E-state index is 12.9. The molecule has 0 radical (unpaired) electrons. The van der Waals surface area contributed by atoms with E-state index >= 15 is 0 Å². The SMILES string of the molecule is CCCN1C(=O)C(=Cc2cn(-c3ccccc3)nc2-c2ccc(OC(C)C)cc2)SC1=S. The summed E-state index contributed by atoms with van der Waals surface area (Å²) >= 11 is 6.77. The van der Waals surface area contributed by atoms with E-state index in [9.17, 15) is 4.79 Å². The van der Waals surface area contributed by atoms with Gasteiger partial charge in [-0.25, -0.2) is 4.68 Å². The smallest absolute Gasteiger partial charge is 0.266 e. The van der Waals surface area contributed by atoms with Gasteiger partial charge in [0.2, 0.25) is 0 Å². The molecule has 4 rings (SSSR count). The lowest BCUT2D eigenvalue weighted by Crippen LogP contribution is -2.28. The number of aromatic nitrogens is 2. The Labute approximate surface area is 198 Å². The molecule has 0 saturated carbocycles. The molecule has 32 heavy (non-hydrogen) atoms. The lowest BCUT2D eigenvalue weighted by Gasteiger charge is -2.11. The molecule has 1 saturated heterocycles. The van der Waals surface area contributed by atoms with Crippen molar-refractivity contribution in [2.45, 2.75) is 33.3 Å². The largest absolute Gasteiger partial charge is 0.491 e. The maximum Gasteiger partial charge on any atom is 0.266 e. The Balaban J connectivity index is 1.75. The number of nitrogens with zero attached hydrogens (tertiary/aromatic N) is 3. The first-order chi connectivity index (χ1) is 15.5. The summed E-state index contributed by atoms with van der Waals surface area (Å²) in [5.41, 5.74) is 3.56. The summed E-state index contributed by atoms with van der Waals surface area (Å²) in [5, 5.41) is 4.85. The molecular formula is C25H25N3O2S2. The second-order valence-electron chi connectivity index (χ2n) is 7.74. The molecule has 1 aromatic heterocycles. The molecule has 1 aliphatic heterocycles. The van der Waals surface area contributed by atoms with E-state index in [0.29, 0.717) is 15.8 Å². The number of thioether (sulfide) groups is 1. The number of rotatable bonds is 7. The van der Waals surface area contributed by atoms with Crippen LogP contribution in [0.5, 0.6) is 5.75 Å². The van der Waals surface area contributed by atoms with Crippen LogP contribution in [0.1, 0.15) is 32.8 Å². The van der Waals surface area contributed by atoms with Crippen molar-refractivity contribution >= 4 is 40.3 Å². The van der Waals surface area contributed by atoms with E-state index < -0.39 is 0 Å². The van der Waals surface area contributed by atoms with E-state index in [1.165, 1.54) is 11.8 Å². The highest BCUT2D eigenvalue weighted by molar-refractivity contribution is 8.26. The molecule has 2 aromatic carbocycles. The van der Waals surface area contributed by atoms with Gasteiger partial charge >= 0.3 is 0 Å². The number of thiocarbonyl (C=S) groups is 1. The second kappa shape index (κ2) is 9.71. The molecule has 0 atom stereocenters. The van der Waals surface area contributed by atoms with Gasteiger partial charge in [-0.3, -0.25) is 9.69 Å². The van der Waals surface area contributed by atoms with Crippen LogP contribution in [0, 0.1) is 0 Å². The summed E-state index contributed by atoms with van der Waals surface area (Å²) in [6.45, 7) is 6.68. The average molecular weight is 464 g/mol. The fraction of sp³-hybridized carbons (Fsp3) is 0.240. The normalized spacial score (nSPS) is 15.2. The van der Waals surface area contributed by atoms with E-state index in [0.717, 1.165) is 34.7 Å². The minimum absolute atomic E-state index is 0.0408. The Kier molecular flexibility index (Phi) is 6.77. The summed E-state index contributed by atoms with van der Waals surface area (Å²) < 4.78 is 8.22. The highest BCUT2D eigenvalue weighted by Crippen LogP contribution is 2.35. The van der Waals surface area contributed by atoms with Crippen LogP contribution in [0.4, 0.5) is 0 Å². The lowest BCUT2D eigenvalue weighted by atomic mass is 10.1. The van der Waals surface area contributed by atoms with E-state index in [1.807, 2.05) is 92.3 Å². The van der Waals surface area contributed by atoms with E-state index in [2.05, 4.69) is 0 Å². The van der Waals surface area contributed by atoms with Crippen molar-refractivity contribution in [1.29, 1.82) is 0 Å². The number of ether oxygens (including phenoxy) is 1. The van der Waals surface area contributed by atoms with Crippen molar-refractivity contribution in [3.8, 4) is 22.7 Å². The quantitative estimate of drug-likeness (QED) is 0.321. The van der Waals surface area contributed by atoms with Crippen LogP contribution < -0.4 is 4.74 Å². The predicted octanol–water partition coefficient (Wildman–Crippen LogP) is 5.94. The van der Waals surface area contributed by atoms with Gasteiger partial charge in [0.15, 0.2) is 0 Å². The molecule has 2 heterocycles. The first-order valence-corrected chi connectivity index (χ1v) is 11.9. The van der Waals surface area contributed by atoms with E-state index in [4.69, 9.17) is 22.1 Å². The van der Waals surface area contributed by atoms with Crippen molar-refractivity contribution in [3.05, 3.63) is 71.3 Å². The van der Waals surface area contributed by atoms with Crippen LogP contribution in [-0.4, -0.2) is 37.6 Å². The Bertz CT molecular complexity index is 1150. The number of carbonyl (C=O) groups is 1. The molecule has 1 amide bonds. The van der Waals surface area contributed by atoms with Crippen molar-refractivity contribution in [1.82, 2.24) is 14.7 Å². The van der Waals surface area contributed by atoms with Crippen LogP contribution in [0.3, 0.4) is 0 Å². The first kappa shape index (κ1) is 22.3. The van der Waals surface area contributed by atoms with Crippen molar-refractivity contribution < 1.29 is 9.53 Å². The Morgan fingerprint density at radius 3 is 2.50 bits per heavy atom. The molecule has 0 aliphatic carbocycles. The summed E-state index contributed by atoms with van der Waals surface area (Å²) in [7, 11) is 0. The molecule has 3 aromatic rings. The van der Waals surface area contributed by atoms with Gasteiger partial charge in [0.05, 0.1) is 22.4 Å². The molecule has 0 spiro atoms. The standard InChI is InChI=1S/C25H25N3O2S2/c1-4-14-27-24(29)22(32-25(27)31)15-19-16-28(20-8-6-5-7-9-20)26-23(19)18-10-12-21(13-11-18)30-17(2)3/h5-13,15-17H,4,14H2,1-3H3. The number of para-hydroxylation sites is 1. The molecule has 1 aliphatic rings. The molecule has 0 N–H and O–H groups in total. The Morgan fingerprint density at radius 1 is 1.12 bits per heavy atom. The zero-order valence-corrected chi connectivity index (χ0v) is 20.0. The highest BCUT2D eigenvalue weighted by atomic mass is 32.2. The molecule has 5 nitrogen and oxygen atoms in total. The Hall–Kier alpha value is -2.90. The minimum atomic E-state index is -0.0408. The van der Waals surface area contributed by atoms with Crippen LogP contribution >= 0.6 is 24.0 Å². The summed E-state index contributed by atoms with van der Waals surface area (Å²) in [4.78, 5) is 15.2. The van der Waals surface area contributed by atoms with Gasteiger partial charge < -0.3 is 4.74 Å². The fourth-order valence-corrected chi connectivity index (χ4v) is 4.75. The first-order valence-electron chi connectivity index (χ1n) is 10.6. The number of amides is 1. The molecular weight excluding hydrogens is 438 g/mol. The highest BCUT2D eigenvalue weighted by Gasteiger charge is 2.31. The van der Waals surface area contributed by atoms with E-state index in [-0.39, 0.29) is 12.0 Å². The van der Waals surface area contributed by atoms with Crippen LogP contribution in [-0.2, 0) is 4.79 Å².